The highest BCUT2D eigenvalue weighted by Gasteiger charge is 2.22. The zero-order chi connectivity index (χ0) is 19.7. The van der Waals surface area contributed by atoms with Crippen molar-refractivity contribution in [2.75, 3.05) is 0 Å². The first-order valence-electron chi connectivity index (χ1n) is 8.60. The molecule has 0 saturated carbocycles. The Kier molecular flexibility index (Phi) is 5.26. The molecule has 0 spiro atoms. The second-order valence-electron chi connectivity index (χ2n) is 8.49. The van der Waals surface area contributed by atoms with Crippen LogP contribution in [0.3, 0.4) is 0 Å². The maximum atomic E-state index is 12.9. The van der Waals surface area contributed by atoms with Gasteiger partial charge in [0.1, 0.15) is 5.75 Å². The van der Waals surface area contributed by atoms with Crippen molar-refractivity contribution in [2.24, 2.45) is 0 Å². The second kappa shape index (κ2) is 6.94. The van der Waals surface area contributed by atoms with Gasteiger partial charge in [-0.3, -0.25) is 4.79 Å². The smallest absolute Gasteiger partial charge is 0.449 e. The summed E-state index contributed by atoms with van der Waals surface area (Å²) in [6.45, 7) is 12.4. The molecule has 4 nitrogen and oxygen atoms in total. The van der Waals surface area contributed by atoms with Crippen molar-refractivity contribution < 1.29 is 19.4 Å². The Balaban J connectivity index is 2.46. The first-order valence-corrected chi connectivity index (χ1v) is 8.60. The van der Waals surface area contributed by atoms with Gasteiger partial charge < -0.3 is 9.84 Å². The van der Waals surface area contributed by atoms with E-state index in [2.05, 4.69) is 20.8 Å². The summed E-state index contributed by atoms with van der Waals surface area (Å²) in [5.41, 5.74) is 2.56. The average molecular weight is 354 g/mol. The maximum Gasteiger partial charge on any atom is 0.511 e. The lowest BCUT2D eigenvalue weighted by Crippen LogP contribution is -2.15. The van der Waals surface area contributed by atoms with Crippen LogP contribution in [0, 0.1) is 0 Å². The van der Waals surface area contributed by atoms with Crippen LogP contribution in [0.1, 0.15) is 68.6 Å². The topological polar surface area (TPSA) is 63.6 Å². The van der Waals surface area contributed by atoms with E-state index in [-0.39, 0.29) is 27.9 Å². The molecule has 26 heavy (non-hydrogen) atoms. The van der Waals surface area contributed by atoms with Crippen LogP contribution in [-0.2, 0) is 10.8 Å². The summed E-state index contributed by atoms with van der Waals surface area (Å²) >= 11 is 0. The van der Waals surface area contributed by atoms with E-state index in [1.807, 2.05) is 39.0 Å². The summed E-state index contributed by atoms with van der Waals surface area (Å²) in [7, 11) is 0. The molecule has 2 aromatic rings. The van der Waals surface area contributed by atoms with Gasteiger partial charge in [0.05, 0.1) is 5.56 Å². The maximum absolute atomic E-state index is 12.9. The summed E-state index contributed by atoms with van der Waals surface area (Å²) in [6, 6.07) is 12.5. The Bertz CT molecular complexity index is 819. The van der Waals surface area contributed by atoms with Crippen molar-refractivity contribution in [1.29, 1.82) is 0 Å². The Hall–Kier alpha value is -2.62. The molecule has 1 N–H and O–H groups in total. The monoisotopic (exact) mass is 354 g/mol. The highest BCUT2D eigenvalue weighted by molar-refractivity contribution is 6.11. The van der Waals surface area contributed by atoms with E-state index in [0.717, 1.165) is 11.1 Å². The molecule has 0 bridgehead atoms. The molecule has 0 atom stereocenters. The minimum absolute atomic E-state index is 0.00644. The zero-order valence-corrected chi connectivity index (χ0v) is 16.2. The molecule has 0 saturated heterocycles. The van der Waals surface area contributed by atoms with Gasteiger partial charge in [0, 0.05) is 5.56 Å². The first-order chi connectivity index (χ1) is 11.9. The molecule has 4 heteroatoms. The van der Waals surface area contributed by atoms with E-state index < -0.39 is 6.16 Å². The molecular formula is C22H26O4. The van der Waals surface area contributed by atoms with Crippen molar-refractivity contribution in [3.05, 3.63) is 64.7 Å². The Morgan fingerprint density at radius 2 is 1.31 bits per heavy atom. The Morgan fingerprint density at radius 3 is 1.77 bits per heavy atom. The van der Waals surface area contributed by atoms with Gasteiger partial charge in [-0.25, -0.2) is 4.79 Å². The van der Waals surface area contributed by atoms with Crippen molar-refractivity contribution in [3.8, 4) is 5.75 Å². The van der Waals surface area contributed by atoms with Crippen LogP contribution in [0.25, 0.3) is 0 Å². The van der Waals surface area contributed by atoms with Crippen molar-refractivity contribution >= 4 is 11.9 Å². The average Bonchev–Trinajstić information content (AvgIpc) is 2.52. The van der Waals surface area contributed by atoms with Crippen LogP contribution in [0.2, 0.25) is 0 Å². The third-order valence-electron chi connectivity index (χ3n) is 4.30. The second-order valence-corrected chi connectivity index (χ2v) is 8.49. The zero-order valence-electron chi connectivity index (χ0n) is 16.2. The summed E-state index contributed by atoms with van der Waals surface area (Å²) in [5, 5.41) is 9.03. The van der Waals surface area contributed by atoms with Crippen LogP contribution in [0.15, 0.2) is 42.5 Å². The highest BCUT2D eigenvalue weighted by atomic mass is 16.7. The van der Waals surface area contributed by atoms with Gasteiger partial charge in [-0.1, -0.05) is 71.9 Å². The fraction of sp³-hybridized carbons (Fsp3) is 0.364. The number of hydrogen-bond donors (Lipinski definition) is 1. The normalized spacial score (nSPS) is 11.9. The molecule has 2 rings (SSSR count). The number of benzene rings is 2. The van der Waals surface area contributed by atoms with E-state index in [0.29, 0.717) is 5.56 Å². The van der Waals surface area contributed by atoms with E-state index in [4.69, 9.17) is 9.84 Å². The van der Waals surface area contributed by atoms with Gasteiger partial charge in [0.25, 0.3) is 0 Å². The van der Waals surface area contributed by atoms with Crippen molar-refractivity contribution in [1.82, 2.24) is 0 Å². The summed E-state index contributed by atoms with van der Waals surface area (Å²) in [5.74, 6) is -0.197. The lowest BCUT2D eigenvalue weighted by atomic mass is 9.85. The predicted octanol–water partition coefficient (Wildman–Crippen LogP) is 5.57. The van der Waals surface area contributed by atoms with Crippen molar-refractivity contribution in [2.45, 2.75) is 52.4 Å². The SMILES string of the molecule is CC(C)(C)c1ccc(C(=O)c2ccc(C(C)(C)C)cc2OC(=O)O)cc1. The third kappa shape index (κ3) is 4.51. The molecule has 0 radical (unpaired) electrons. The minimum Gasteiger partial charge on any atom is -0.449 e. The van der Waals surface area contributed by atoms with Gasteiger partial charge in [0.2, 0.25) is 0 Å². The number of carbonyl (C=O) groups is 2. The van der Waals surface area contributed by atoms with Crippen LogP contribution in [0.5, 0.6) is 5.75 Å². The number of carboxylic acid groups (broad SMARTS) is 1. The molecule has 0 aliphatic heterocycles. The minimum atomic E-state index is -1.44. The van der Waals surface area contributed by atoms with E-state index in [9.17, 15) is 9.59 Å². The van der Waals surface area contributed by atoms with Crippen LogP contribution in [0.4, 0.5) is 4.79 Å². The van der Waals surface area contributed by atoms with Gasteiger partial charge >= 0.3 is 6.16 Å². The summed E-state index contributed by atoms with van der Waals surface area (Å²) in [4.78, 5) is 24.0. The Morgan fingerprint density at radius 1 is 0.808 bits per heavy atom. The number of rotatable bonds is 3. The molecule has 0 amide bonds. The molecule has 0 aliphatic rings. The number of hydrogen-bond acceptors (Lipinski definition) is 3. The molecule has 0 fully saturated rings. The lowest BCUT2D eigenvalue weighted by molar-refractivity contribution is 0.103. The molecule has 0 unspecified atom stereocenters. The van der Waals surface area contributed by atoms with E-state index in [1.54, 1.807) is 24.3 Å². The molecule has 0 aliphatic carbocycles. The first kappa shape index (κ1) is 19.7. The van der Waals surface area contributed by atoms with Gasteiger partial charge in [-0.2, -0.15) is 0 Å². The summed E-state index contributed by atoms with van der Waals surface area (Å²) in [6.07, 6.45) is -1.44. The van der Waals surface area contributed by atoms with Gasteiger partial charge in [0.15, 0.2) is 5.78 Å². The fourth-order valence-electron chi connectivity index (χ4n) is 2.63. The number of carbonyl (C=O) groups excluding carboxylic acids is 1. The molecule has 0 heterocycles. The highest BCUT2D eigenvalue weighted by Crippen LogP contribution is 2.31. The van der Waals surface area contributed by atoms with Crippen LogP contribution in [-0.4, -0.2) is 17.0 Å². The van der Waals surface area contributed by atoms with Crippen molar-refractivity contribution in [3.63, 3.8) is 0 Å². The summed E-state index contributed by atoms with van der Waals surface area (Å²) < 4.78 is 4.90. The predicted molar refractivity (Wildman–Crippen MR) is 102 cm³/mol. The van der Waals surface area contributed by atoms with Gasteiger partial charge in [-0.05, 0) is 34.1 Å². The quantitative estimate of drug-likeness (QED) is 0.445. The number of ether oxygens (including phenoxy) is 1. The molecule has 0 aromatic heterocycles. The fourth-order valence-corrected chi connectivity index (χ4v) is 2.63. The standard InChI is InChI=1S/C22H26O4/c1-21(2,3)15-9-7-14(8-10-15)19(23)17-12-11-16(22(4,5)6)13-18(17)26-20(24)25/h7-13H,1-6H3,(H,24,25). The van der Waals surface area contributed by atoms with Gasteiger partial charge in [-0.15, -0.1) is 0 Å². The third-order valence-corrected chi connectivity index (χ3v) is 4.30. The Labute approximate surface area is 154 Å². The van der Waals surface area contributed by atoms with Crippen LogP contribution >= 0.6 is 0 Å². The van der Waals surface area contributed by atoms with E-state index in [1.165, 1.54) is 0 Å². The lowest BCUT2D eigenvalue weighted by Gasteiger charge is -2.21. The largest absolute Gasteiger partial charge is 0.511 e. The molecule has 2 aromatic carbocycles. The number of ketones is 1. The molecule has 138 valence electrons. The molecular weight excluding hydrogens is 328 g/mol. The van der Waals surface area contributed by atoms with Crippen LogP contribution < -0.4 is 4.74 Å². The van der Waals surface area contributed by atoms with E-state index >= 15 is 0 Å².